The number of rotatable bonds is 5. The molecule has 24 heavy (non-hydrogen) atoms. The number of carbonyl (C=O) groups is 1. The summed E-state index contributed by atoms with van der Waals surface area (Å²) in [6.07, 6.45) is 4.53. The lowest BCUT2D eigenvalue weighted by atomic mass is 10.3. The number of benzene rings is 1. The maximum Gasteiger partial charge on any atom is 0.260 e. The number of nitrogens with one attached hydrogen (secondary N) is 1. The zero-order chi connectivity index (χ0) is 16.8. The van der Waals surface area contributed by atoms with Gasteiger partial charge in [0.05, 0.1) is 11.6 Å². The van der Waals surface area contributed by atoms with Crippen LogP contribution < -0.4 is 4.74 Å². The Kier molecular flexibility index (Phi) is 5.72. The molecule has 7 heteroatoms. The summed E-state index contributed by atoms with van der Waals surface area (Å²) < 4.78 is 5.55. The molecule has 0 spiro atoms. The molecule has 1 fully saturated rings. The van der Waals surface area contributed by atoms with E-state index < -0.39 is 0 Å². The second-order valence-electron chi connectivity index (χ2n) is 5.77. The zero-order valence-corrected chi connectivity index (χ0v) is 14.2. The lowest BCUT2D eigenvalue weighted by Gasteiger charge is -2.21. The summed E-state index contributed by atoms with van der Waals surface area (Å²) in [6, 6.07) is 7.19. The van der Waals surface area contributed by atoms with Gasteiger partial charge in [-0.2, -0.15) is 0 Å². The molecule has 1 aliphatic rings. The van der Waals surface area contributed by atoms with E-state index in [1.54, 1.807) is 18.3 Å². The van der Waals surface area contributed by atoms with Crippen LogP contribution in [0.25, 0.3) is 0 Å². The van der Waals surface area contributed by atoms with Crippen LogP contribution in [0.15, 0.2) is 36.7 Å². The summed E-state index contributed by atoms with van der Waals surface area (Å²) in [5.74, 6) is 1.49. The first-order valence-corrected chi connectivity index (χ1v) is 8.46. The molecule has 128 valence electrons. The quantitative estimate of drug-likeness (QED) is 0.899. The number of aromatic nitrogens is 2. The van der Waals surface area contributed by atoms with Crippen molar-refractivity contribution in [2.24, 2.45) is 0 Å². The van der Waals surface area contributed by atoms with Crippen molar-refractivity contribution in [3.63, 3.8) is 0 Å². The van der Waals surface area contributed by atoms with Gasteiger partial charge in [-0.05, 0) is 18.6 Å². The highest BCUT2D eigenvalue weighted by molar-refractivity contribution is 6.32. The second-order valence-corrected chi connectivity index (χ2v) is 6.17. The number of ether oxygens (including phenoxy) is 1. The Hall–Kier alpha value is -2.05. The Balaban J connectivity index is 1.48. The van der Waals surface area contributed by atoms with Crippen molar-refractivity contribution in [2.45, 2.75) is 13.0 Å². The van der Waals surface area contributed by atoms with Crippen LogP contribution >= 0.6 is 11.6 Å². The molecule has 0 unspecified atom stereocenters. The van der Waals surface area contributed by atoms with Crippen LogP contribution in [-0.2, 0) is 11.3 Å². The number of H-pyrrole nitrogens is 1. The molecule has 1 aliphatic heterocycles. The van der Waals surface area contributed by atoms with E-state index in [4.69, 9.17) is 16.3 Å². The minimum absolute atomic E-state index is 0.00484. The van der Waals surface area contributed by atoms with Gasteiger partial charge in [0, 0.05) is 38.6 Å². The molecule has 1 aromatic carbocycles. The normalized spacial score (nSPS) is 16.0. The van der Waals surface area contributed by atoms with Crippen molar-refractivity contribution in [1.29, 1.82) is 0 Å². The van der Waals surface area contributed by atoms with Crippen LogP contribution in [0.1, 0.15) is 12.2 Å². The summed E-state index contributed by atoms with van der Waals surface area (Å²) in [5.41, 5.74) is 0. The van der Waals surface area contributed by atoms with Gasteiger partial charge in [-0.1, -0.05) is 23.7 Å². The van der Waals surface area contributed by atoms with Gasteiger partial charge < -0.3 is 14.6 Å². The van der Waals surface area contributed by atoms with Gasteiger partial charge in [0.1, 0.15) is 11.6 Å². The molecule has 0 saturated carbocycles. The molecular formula is C17H21ClN4O2. The average molecular weight is 349 g/mol. The number of hydrogen-bond acceptors (Lipinski definition) is 4. The molecule has 1 amide bonds. The Bertz CT molecular complexity index is 662. The SMILES string of the molecule is O=C(COc1ccccc1Cl)N1CCCN(Cc2ncc[nH]2)CC1. The van der Waals surface area contributed by atoms with E-state index in [0.29, 0.717) is 17.3 Å². The number of carbonyl (C=O) groups excluding carboxylic acids is 1. The first-order chi connectivity index (χ1) is 11.7. The monoisotopic (exact) mass is 348 g/mol. The van der Waals surface area contributed by atoms with Crippen molar-refractivity contribution < 1.29 is 9.53 Å². The third kappa shape index (κ3) is 4.49. The lowest BCUT2D eigenvalue weighted by molar-refractivity contribution is -0.133. The maximum atomic E-state index is 12.4. The standard InChI is InChI=1S/C17H21ClN4O2/c18-14-4-1-2-5-15(14)24-13-17(23)22-9-3-8-21(10-11-22)12-16-19-6-7-20-16/h1-2,4-7H,3,8-13H2,(H,19,20). The number of hydrogen-bond donors (Lipinski definition) is 1. The molecule has 2 aromatic rings. The van der Waals surface area contributed by atoms with Crippen LogP contribution in [0.2, 0.25) is 5.02 Å². The first kappa shape index (κ1) is 16.8. The van der Waals surface area contributed by atoms with Crippen molar-refractivity contribution >= 4 is 17.5 Å². The van der Waals surface area contributed by atoms with Crippen LogP contribution in [0.4, 0.5) is 0 Å². The fraction of sp³-hybridized carbons (Fsp3) is 0.412. The van der Waals surface area contributed by atoms with Gasteiger partial charge in [0.25, 0.3) is 5.91 Å². The van der Waals surface area contributed by atoms with E-state index >= 15 is 0 Å². The fourth-order valence-corrected chi connectivity index (χ4v) is 2.96. The Morgan fingerprint density at radius 3 is 2.92 bits per heavy atom. The number of imidazole rings is 1. The van der Waals surface area contributed by atoms with Gasteiger partial charge >= 0.3 is 0 Å². The predicted molar refractivity (Wildman–Crippen MR) is 92.0 cm³/mol. The van der Waals surface area contributed by atoms with Gasteiger partial charge in [-0.15, -0.1) is 0 Å². The molecule has 1 saturated heterocycles. The van der Waals surface area contributed by atoms with E-state index in [9.17, 15) is 4.79 Å². The Morgan fingerprint density at radius 1 is 1.25 bits per heavy atom. The van der Waals surface area contributed by atoms with Crippen molar-refractivity contribution in [3.05, 3.63) is 47.5 Å². The summed E-state index contributed by atoms with van der Waals surface area (Å²) in [5, 5.41) is 0.519. The van der Waals surface area contributed by atoms with Crippen LogP contribution in [0, 0.1) is 0 Å². The van der Waals surface area contributed by atoms with Gasteiger partial charge in [-0.3, -0.25) is 9.69 Å². The molecule has 0 aliphatic carbocycles. The first-order valence-electron chi connectivity index (χ1n) is 8.08. The summed E-state index contributed by atoms with van der Waals surface area (Å²) in [7, 11) is 0. The zero-order valence-electron chi connectivity index (χ0n) is 13.4. The molecule has 6 nitrogen and oxygen atoms in total. The number of nitrogens with zero attached hydrogens (tertiary/aromatic N) is 3. The average Bonchev–Trinajstić information content (AvgIpc) is 2.98. The number of amides is 1. The molecule has 3 rings (SSSR count). The topological polar surface area (TPSA) is 61.5 Å². The second kappa shape index (κ2) is 8.17. The van der Waals surface area contributed by atoms with Crippen LogP contribution in [0.3, 0.4) is 0 Å². The minimum Gasteiger partial charge on any atom is -0.482 e. The molecular weight excluding hydrogens is 328 g/mol. The molecule has 0 radical (unpaired) electrons. The summed E-state index contributed by atoms with van der Waals surface area (Å²) >= 11 is 6.04. The number of aromatic amines is 1. The molecule has 1 N–H and O–H groups in total. The van der Waals surface area contributed by atoms with E-state index in [2.05, 4.69) is 14.9 Å². The minimum atomic E-state index is -0.00484. The van der Waals surface area contributed by atoms with E-state index in [0.717, 1.165) is 38.4 Å². The van der Waals surface area contributed by atoms with Crippen molar-refractivity contribution in [1.82, 2.24) is 19.8 Å². The Labute approximate surface area is 146 Å². The fourth-order valence-electron chi connectivity index (χ4n) is 2.77. The van der Waals surface area contributed by atoms with E-state index in [1.165, 1.54) is 0 Å². The number of halogens is 1. The van der Waals surface area contributed by atoms with E-state index in [-0.39, 0.29) is 12.5 Å². The maximum absolute atomic E-state index is 12.4. The summed E-state index contributed by atoms with van der Waals surface area (Å²) in [4.78, 5) is 23.9. The largest absolute Gasteiger partial charge is 0.482 e. The van der Waals surface area contributed by atoms with Gasteiger partial charge in [-0.25, -0.2) is 4.98 Å². The molecule has 1 aromatic heterocycles. The lowest BCUT2D eigenvalue weighted by Crippen LogP contribution is -2.38. The third-order valence-electron chi connectivity index (χ3n) is 4.06. The van der Waals surface area contributed by atoms with Gasteiger partial charge in [0.15, 0.2) is 6.61 Å². The molecule has 2 heterocycles. The molecule has 0 atom stereocenters. The Morgan fingerprint density at radius 2 is 2.12 bits per heavy atom. The highest BCUT2D eigenvalue weighted by atomic mass is 35.5. The predicted octanol–water partition coefficient (Wildman–Crippen LogP) is 2.18. The van der Waals surface area contributed by atoms with Crippen LogP contribution in [-0.4, -0.2) is 58.5 Å². The van der Waals surface area contributed by atoms with Crippen molar-refractivity contribution in [3.8, 4) is 5.75 Å². The van der Waals surface area contributed by atoms with Crippen LogP contribution in [0.5, 0.6) is 5.75 Å². The highest BCUT2D eigenvalue weighted by Gasteiger charge is 2.20. The number of para-hydroxylation sites is 1. The smallest absolute Gasteiger partial charge is 0.260 e. The van der Waals surface area contributed by atoms with Crippen molar-refractivity contribution in [2.75, 3.05) is 32.8 Å². The van der Waals surface area contributed by atoms with Gasteiger partial charge in [0.2, 0.25) is 0 Å². The highest BCUT2D eigenvalue weighted by Crippen LogP contribution is 2.23. The molecule has 0 bridgehead atoms. The van der Waals surface area contributed by atoms with E-state index in [1.807, 2.05) is 23.2 Å². The summed E-state index contributed by atoms with van der Waals surface area (Å²) in [6.45, 7) is 4.03. The third-order valence-corrected chi connectivity index (χ3v) is 4.37.